The Hall–Kier alpha value is -3.35. The fourth-order valence-corrected chi connectivity index (χ4v) is 5.34. The maximum absolute atomic E-state index is 14.1. The monoisotopic (exact) mass is 558 g/mol. The molecule has 2 aromatic carbocycles. The van der Waals surface area contributed by atoms with Crippen LogP contribution >= 0.6 is 11.6 Å². The molecule has 0 radical (unpaired) electrons. The fraction of sp³-hybridized carbons (Fsp3) is 0.208. The molecule has 1 N–H and O–H groups in total. The van der Waals surface area contributed by atoms with Gasteiger partial charge in [0.05, 0.1) is 29.4 Å². The Balaban J connectivity index is 1.77. The third kappa shape index (κ3) is 5.65. The van der Waals surface area contributed by atoms with E-state index < -0.39 is 45.0 Å². The van der Waals surface area contributed by atoms with E-state index in [0.717, 1.165) is 4.31 Å². The lowest BCUT2D eigenvalue weighted by Gasteiger charge is -2.31. The maximum atomic E-state index is 14.1. The number of hydrogen-bond donors (Lipinski definition) is 1. The Kier molecular flexibility index (Phi) is 7.62. The van der Waals surface area contributed by atoms with Gasteiger partial charge in [0.2, 0.25) is 5.88 Å². The molecule has 2 heterocycles. The van der Waals surface area contributed by atoms with Gasteiger partial charge in [-0.1, -0.05) is 29.8 Å². The molecule has 1 aliphatic rings. The van der Waals surface area contributed by atoms with Gasteiger partial charge in [0.1, 0.15) is 24.8 Å². The van der Waals surface area contributed by atoms with Crippen molar-refractivity contribution in [2.24, 2.45) is 0 Å². The normalized spacial score (nSPS) is 13.9. The summed E-state index contributed by atoms with van der Waals surface area (Å²) in [7, 11) is -4.64. The lowest BCUT2D eigenvalue weighted by Crippen LogP contribution is -2.38. The molecular formula is C24H19ClF4N2O5S. The van der Waals surface area contributed by atoms with E-state index in [1.54, 1.807) is 6.07 Å². The van der Waals surface area contributed by atoms with Gasteiger partial charge >= 0.3 is 6.18 Å². The van der Waals surface area contributed by atoms with Crippen molar-refractivity contribution in [3.05, 3.63) is 76.2 Å². The standard InChI is InChI=1S/C24H19ClF4N2O5S/c25-18-2-1-3-19(26)17(18)6-4-15-5-7-21-20(12-15)31(8-10-35-21)37(33,34)22-13-16(24(27,28)29)14-30-23(22)36-11-9-32/h1-7,12-14,32H,8-11H2/b6-4+. The van der Waals surface area contributed by atoms with Crippen LogP contribution in [0.3, 0.4) is 0 Å². The first-order valence-corrected chi connectivity index (χ1v) is 12.6. The minimum absolute atomic E-state index is 0.0542. The summed E-state index contributed by atoms with van der Waals surface area (Å²) in [5, 5.41) is 9.21. The van der Waals surface area contributed by atoms with Gasteiger partial charge in [-0.15, -0.1) is 0 Å². The van der Waals surface area contributed by atoms with Gasteiger partial charge in [-0.3, -0.25) is 4.31 Å². The van der Waals surface area contributed by atoms with E-state index in [9.17, 15) is 26.0 Å². The van der Waals surface area contributed by atoms with Crippen LogP contribution in [0.5, 0.6) is 11.6 Å². The van der Waals surface area contributed by atoms with Crippen molar-refractivity contribution in [1.29, 1.82) is 0 Å². The highest BCUT2D eigenvalue weighted by Gasteiger charge is 2.37. The number of benzene rings is 2. The minimum atomic E-state index is -4.86. The highest BCUT2D eigenvalue weighted by Crippen LogP contribution is 2.40. The Morgan fingerprint density at radius 3 is 2.68 bits per heavy atom. The molecule has 1 aliphatic heterocycles. The molecule has 37 heavy (non-hydrogen) atoms. The number of anilines is 1. The fourth-order valence-electron chi connectivity index (χ4n) is 3.55. The molecular weight excluding hydrogens is 540 g/mol. The molecule has 1 aromatic heterocycles. The van der Waals surface area contributed by atoms with Crippen LogP contribution in [0.15, 0.2) is 53.6 Å². The van der Waals surface area contributed by atoms with Crippen molar-refractivity contribution in [3.8, 4) is 11.6 Å². The molecule has 4 rings (SSSR count). The van der Waals surface area contributed by atoms with E-state index in [4.69, 9.17) is 26.2 Å². The summed E-state index contributed by atoms with van der Waals surface area (Å²) in [5.41, 5.74) is -0.654. The van der Waals surface area contributed by atoms with E-state index in [-0.39, 0.29) is 41.8 Å². The maximum Gasteiger partial charge on any atom is 0.417 e. The van der Waals surface area contributed by atoms with E-state index >= 15 is 0 Å². The van der Waals surface area contributed by atoms with Gasteiger partial charge in [0, 0.05) is 11.8 Å². The summed E-state index contributed by atoms with van der Waals surface area (Å²) in [4.78, 5) is 2.73. The van der Waals surface area contributed by atoms with Crippen LogP contribution in [-0.4, -0.2) is 44.9 Å². The number of sulfonamides is 1. The Bertz CT molecular complexity index is 1430. The van der Waals surface area contributed by atoms with Gasteiger partial charge in [-0.05, 0) is 42.0 Å². The van der Waals surface area contributed by atoms with Crippen LogP contribution in [0.1, 0.15) is 16.7 Å². The number of aromatic nitrogens is 1. The highest BCUT2D eigenvalue weighted by atomic mass is 35.5. The number of aliphatic hydroxyl groups is 1. The molecule has 0 atom stereocenters. The van der Waals surface area contributed by atoms with E-state index in [1.165, 1.54) is 42.5 Å². The van der Waals surface area contributed by atoms with Crippen LogP contribution in [0.25, 0.3) is 12.2 Å². The summed E-state index contributed by atoms with van der Waals surface area (Å²) in [6.07, 6.45) is -1.48. The first kappa shape index (κ1) is 26.7. The van der Waals surface area contributed by atoms with E-state index in [1.807, 2.05) is 0 Å². The van der Waals surface area contributed by atoms with E-state index in [0.29, 0.717) is 17.8 Å². The lowest BCUT2D eigenvalue weighted by atomic mass is 10.1. The van der Waals surface area contributed by atoms with Crippen molar-refractivity contribution >= 4 is 39.5 Å². The highest BCUT2D eigenvalue weighted by molar-refractivity contribution is 7.93. The second-order valence-corrected chi connectivity index (χ2v) is 9.96. The molecule has 13 heteroatoms. The van der Waals surface area contributed by atoms with Crippen molar-refractivity contribution in [2.45, 2.75) is 11.1 Å². The zero-order chi connectivity index (χ0) is 26.8. The third-order valence-corrected chi connectivity index (χ3v) is 7.43. The summed E-state index contributed by atoms with van der Waals surface area (Å²) < 4.78 is 93.0. The van der Waals surface area contributed by atoms with Gasteiger partial charge in [0.25, 0.3) is 10.0 Å². The first-order chi connectivity index (χ1) is 17.5. The second-order valence-electron chi connectivity index (χ2n) is 7.72. The molecule has 0 spiro atoms. The number of hydrogen-bond acceptors (Lipinski definition) is 6. The first-order valence-electron chi connectivity index (χ1n) is 10.7. The molecule has 0 amide bonds. The number of halogens is 5. The number of alkyl halides is 3. The number of pyridine rings is 1. The predicted molar refractivity (Wildman–Crippen MR) is 129 cm³/mol. The van der Waals surface area contributed by atoms with Crippen molar-refractivity contribution in [2.75, 3.05) is 30.7 Å². The third-order valence-electron chi connectivity index (χ3n) is 5.29. The van der Waals surface area contributed by atoms with Crippen LogP contribution in [0.4, 0.5) is 23.2 Å². The van der Waals surface area contributed by atoms with Crippen LogP contribution < -0.4 is 13.8 Å². The van der Waals surface area contributed by atoms with Gasteiger partial charge in [-0.25, -0.2) is 17.8 Å². The van der Waals surface area contributed by atoms with Gasteiger partial charge in [-0.2, -0.15) is 13.2 Å². The molecule has 0 saturated carbocycles. The van der Waals surface area contributed by atoms with Gasteiger partial charge in [0.15, 0.2) is 4.90 Å². The largest absolute Gasteiger partial charge is 0.489 e. The second kappa shape index (κ2) is 10.6. The van der Waals surface area contributed by atoms with Crippen LogP contribution in [0, 0.1) is 5.82 Å². The lowest BCUT2D eigenvalue weighted by molar-refractivity contribution is -0.138. The number of aliphatic hydroxyl groups excluding tert-OH is 1. The smallest absolute Gasteiger partial charge is 0.417 e. The molecule has 0 unspecified atom stereocenters. The van der Waals surface area contributed by atoms with Crippen LogP contribution in [0.2, 0.25) is 5.02 Å². The average molecular weight is 559 g/mol. The quantitative estimate of drug-likeness (QED) is 0.323. The molecule has 0 saturated heterocycles. The number of nitrogens with zero attached hydrogens (tertiary/aromatic N) is 2. The van der Waals surface area contributed by atoms with Crippen molar-refractivity contribution in [3.63, 3.8) is 0 Å². The van der Waals surface area contributed by atoms with Crippen LogP contribution in [-0.2, 0) is 16.2 Å². The van der Waals surface area contributed by atoms with Crippen molar-refractivity contribution in [1.82, 2.24) is 4.98 Å². The topological polar surface area (TPSA) is 89.0 Å². The zero-order valence-electron chi connectivity index (χ0n) is 18.9. The molecule has 0 aliphatic carbocycles. The van der Waals surface area contributed by atoms with Crippen molar-refractivity contribution < 1.29 is 40.6 Å². The molecule has 196 valence electrons. The number of fused-ring (bicyclic) bond motifs is 1. The SMILES string of the molecule is O=S(=O)(c1cc(C(F)(F)F)cnc1OCCO)N1CCOc2ccc(/C=C/c3c(F)cccc3Cl)cc21. The molecule has 0 bridgehead atoms. The molecule has 0 fully saturated rings. The summed E-state index contributed by atoms with van der Waals surface area (Å²) >= 11 is 6.05. The minimum Gasteiger partial charge on any atom is -0.489 e. The number of rotatable bonds is 7. The summed E-state index contributed by atoms with van der Waals surface area (Å²) in [5.74, 6) is -0.962. The van der Waals surface area contributed by atoms with Gasteiger partial charge < -0.3 is 14.6 Å². The summed E-state index contributed by atoms with van der Waals surface area (Å²) in [6, 6.07) is 9.17. The number of ether oxygens (including phenoxy) is 2. The Morgan fingerprint density at radius 1 is 1.19 bits per heavy atom. The average Bonchev–Trinajstić information content (AvgIpc) is 2.86. The predicted octanol–water partition coefficient (Wildman–Crippen LogP) is 5.02. The summed E-state index contributed by atoms with van der Waals surface area (Å²) in [6.45, 7) is -1.17. The Labute approximate surface area is 214 Å². The molecule has 3 aromatic rings. The Morgan fingerprint density at radius 2 is 1.97 bits per heavy atom. The zero-order valence-corrected chi connectivity index (χ0v) is 20.4. The molecule has 7 nitrogen and oxygen atoms in total. The van der Waals surface area contributed by atoms with E-state index in [2.05, 4.69) is 4.98 Å².